The van der Waals surface area contributed by atoms with Crippen LogP contribution in [0.1, 0.15) is 61.5 Å². The summed E-state index contributed by atoms with van der Waals surface area (Å²) < 4.78 is 2.31. The van der Waals surface area contributed by atoms with E-state index in [-0.39, 0.29) is 35.6 Å². The van der Waals surface area contributed by atoms with Crippen molar-refractivity contribution in [3.05, 3.63) is 64.7 Å². The molecule has 2 N–H and O–H groups in total. The van der Waals surface area contributed by atoms with Gasteiger partial charge < -0.3 is 19.9 Å². The summed E-state index contributed by atoms with van der Waals surface area (Å²) in [7, 11) is 0. The van der Waals surface area contributed by atoms with E-state index in [0.29, 0.717) is 28.2 Å². The van der Waals surface area contributed by atoms with Gasteiger partial charge >= 0.3 is 0 Å². The number of nitrogens with one attached hydrogen (secondary N) is 1. The lowest BCUT2D eigenvalue weighted by molar-refractivity contribution is -0.138. The second-order valence-electron chi connectivity index (χ2n) is 11.5. The number of aliphatic hydroxyl groups excluding tert-OH is 1. The number of likely N-dealkylation sites (tertiary alicyclic amines) is 1. The van der Waals surface area contributed by atoms with E-state index < -0.39 is 12.1 Å². The number of hydrogen-bond acceptors (Lipinski definition) is 8. The first-order valence-electron chi connectivity index (χ1n) is 13.7. The zero-order chi connectivity index (χ0) is 29.9. The van der Waals surface area contributed by atoms with Crippen molar-refractivity contribution in [3.8, 4) is 11.1 Å². The number of hydrogen-bond donors (Lipinski definition) is 2. The number of halogens is 1. The minimum Gasteiger partial charge on any atom is -0.385 e. The second kappa shape index (κ2) is 10.4. The Bertz CT molecular complexity index is 1750. The average Bonchev–Trinajstić information content (AvgIpc) is 3.29. The Balaban J connectivity index is 1.31. The molecular formula is C30H30BrN7O4. The van der Waals surface area contributed by atoms with Crippen molar-refractivity contribution in [3.63, 3.8) is 0 Å². The fraction of sp³-hybridized carbons (Fsp3) is 0.367. The van der Waals surface area contributed by atoms with Crippen LogP contribution in [0.2, 0.25) is 0 Å². The average molecular weight is 633 g/mol. The highest BCUT2D eigenvalue weighted by atomic mass is 79.9. The van der Waals surface area contributed by atoms with Crippen molar-refractivity contribution < 1.29 is 19.5 Å². The Kier molecular flexibility index (Phi) is 6.93. The molecule has 1 aliphatic heterocycles. The Hall–Kier alpha value is -4.03. The number of aryl methyl sites for hydroxylation is 1. The minimum atomic E-state index is -0.775. The fourth-order valence-electron chi connectivity index (χ4n) is 6.13. The molecule has 4 atom stereocenters. The third-order valence-electron chi connectivity index (χ3n) is 8.31. The van der Waals surface area contributed by atoms with Crippen LogP contribution in [-0.4, -0.2) is 64.2 Å². The number of rotatable bonds is 7. The number of benzene rings is 1. The van der Waals surface area contributed by atoms with Crippen LogP contribution in [0.5, 0.6) is 0 Å². The van der Waals surface area contributed by atoms with Gasteiger partial charge in [0.25, 0.3) is 0 Å². The maximum absolute atomic E-state index is 13.9. The van der Waals surface area contributed by atoms with Gasteiger partial charge in [0.15, 0.2) is 17.4 Å². The van der Waals surface area contributed by atoms with Gasteiger partial charge in [-0.15, -0.1) is 0 Å². The van der Waals surface area contributed by atoms with Crippen LogP contribution in [0, 0.1) is 12.3 Å². The highest BCUT2D eigenvalue weighted by Crippen LogP contribution is 2.59. The van der Waals surface area contributed by atoms with Crippen molar-refractivity contribution >= 4 is 50.2 Å². The lowest BCUT2D eigenvalue weighted by atomic mass is 10.0. The number of aromatic nitrogens is 5. The molecule has 4 aromatic rings. The number of Topliss-reactive ketones (excluding diaryl/α,β-unsaturated/α-hetero) is 1. The van der Waals surface area contributed by atoms with E-state index in [1.165, 1.54) is 19.3 Å². The molecule has 1 saturated heterocycles. The van der Waals surface area contributed by atoms with Gasteiger partial charge in [-0.1, -0.05) is 6.92 Å². The number of nitrogens with zero attached hydrogens (tertiary/aromatic N) is 6. The monoisotopic (exact) mass is 631 g/mol. The molecule has 2 amide bonds. The van der Waals surface area contributed by atoms with E-state index in [1.807, 2.05) is 23.6 Å². The molecule has 1 unspecified atom stereocenters. The molecular weight excluding hydrogens is 602 g/mol. The van der Waals surface area contributed by atoms with Crippen molar-refractivity contribution in [1.82, 2.24) is 29.4 Å². The van der Waals surface area contributed by atoms with Crippen LogP contribution in [-0.2, 0) is 16.1 Å². The molecule has 11 nitrogen and oxygen atoms in total. The molecule has 1 aliphatic carbocycles. The van der Waals surface area contributed by atoms with Crippen molar-refractivity contribution in [2.75, 3.05) is 5.32 Å². The minimum absolute atomic E-state index is 0.0107. The smallest absolute Gasteiger partial charge is 0.248 e. The molecule has 1 saturated carbocycles. The standard InChI is InChI=1S/C30H30BrN7O4/c1-15-5-18(19-9-33-28(17(3)40)34-10-19)6-20-21(16(2)39)13-37(27(15)20)14-26(41)38-22(7-30(4)8-23(30)38)29(42)36-25-12-32-11-24(31)35-25/h5-6,9-13,17,22-23,40H,7-8,14H2,1-4H3,(H,35,36,42)/t17?,22-,23+,30-/m0/s1. The van der Waals surface area contributed by atoms with E-state index in [1.54, 1.807) is 30.4 Å². The summed E-state index contributed by atoms with van der Waals surface area (Å²) in [5, 5.41) is 13.3. The van der Waals surface area contributed by atoms with Crippen molar-refractivity contribution in [2.24, 2.45) is 5.41 Å². The second-order valence-corrected chi connectivity index (χ2v) is 12.3. The van der Waals surface area contributed by atoms with Crippen LogP contribution in [0.25, 0.3) is 22.0 Å². The predicted octanol–water partition coefficient (Wildman–Crippen LogP) is 4.23. The van der Waals surface area contributed by atoms with Gasteiger partial charge in [0.2, 0.25) is 11.8 Å². The maximum atomic E-state index is 13.9. The normalized spacial score (nSPS) is 21.7. The number of amides is 2. The zero-order valence-electron chi connectivity index (χ0n) is 23.6. The van der Waals surface area contributed by atoms with Gasteiger partial charge in [-0.05, 0) is 78.2 Å². The molecule has 42 heavy (non-hydrogen) atoms. The summed E-state index contributed by atoms with van der Waals surface area (Å²) in [6.45, 7) is 7.14. The SMILES string of the molecule is CC(=O)c1cn(CC(=O)N2[C@H](C(=O)Nc3cncc(Br)n3)C[C@@]3(C)C[C@@H]23)c2c(C)cc(-c3cnc(C(C)O)nc3)cc12. The molecule has 4 heterocycles. The molecule has 216 valence electrons. The predicted molar refractivity (Wildman–Crippen MR) is 158 cm³/mol. The molecule has 12 heteroatoms. The number of carbonyl (C=O) groups excluding carboxylic acids is 3. The Morgan fingerprint density at radius 1 is 1.14 bits per heavy atom. The Morgan fingerprint density at radius 3 is 2.55 bits per heavy atom. The maximum Gasteiger partial charge on any atom is 0.248 e. The number of aliphatic hydroxyl groups is 1. The van der Waals surface area contributed by atoms with Crippen LogP contribution in [0.4, 0.5) is 5.82 Å². The lowest BCUT2D eigenvalue weighted by Crippen LogP contribution is -2.46. The molecule has 0 spiro atoms. The summed E-state index contributed by atoms with van der Waals surface area (Å²) in [6.07, 6.45) is 8.66. The largest absolute Gasteiger partial charge is 0.385 e. The first-order chi connectivity index (χ1) is 19.9. The fourth-order valence-corrected chi connectivity index (χ4v) is 6.44. The number of carbonyl (C=O) groups is 3. The molecule has 6 rings (SSSR count). The third-order valence-corrected chi connectivity index (χ3v) is 8.69. The lowest BCUT2D eigenvalue weighted by Gasteiger charge is -2.27. The van der Waals surface area contributed by atoms with E-state index in [4.69, 9.17) is 0 Å². The summed E-state index contributed by atoms with van der Waals surface area (Å²) in [6, 6.07) is 3.23. The zero-order valence-corrected chi connectivity index (χ0v) is 25.2. The van der Waals surface area contributed by atoms with E-state index in [0.717, 1.165) is 34.0 Å². The van der Waals surface area contributed by atoms with Crippen LogP contribution < -0.4 is 5.32 Å². The molecule has 3 aromatic heterocycles. The van der Waals surface area contributed by atoms with Crippen LogP contribution in [0.15, 0.2) is 47.7 Å². The summed E-state index contributed by atoms with van der Waals surface area (Å²) >= 11 is 3.26. The van der Waals surface area contributed by atoms with E-state index >= 15 is 0 Å². The van der Waals surface area contributed by atoms with E-state index in [9.17, 15) is 19.5 Å². The van der Waals surface area contributed by atoms with Gasteiger partial charge in [-0.25, -0.2) is 15.0 Å². The highest BCUT2D eigenvalue weighted by Gasteiger charge is 2.64. The van der Waals surface area contributed by atoms with Gasteiger partial charge in [0, 0.05) is 41.1 Å². The number of ketones is 1. The van der Waals surface area contributed by atoms with Crippen LogP contribution in [0.3, 0.4) is 0 Å². The summed E-state index contributed by atoms with van der Waals surface area (Å²) in [5.74, 6) is 0.0462. The van der Waals surface area contributed by atoms with Gasteiger partial charge in [0.1, 0.15) is 23.3 Å². The molecule has 1 aromatic carbocycles. The van der Waals surface area contributed by atoms with Crippen LogP contribution >= 0.6 is 15.9 Å². The number of fused-ring (bicyclic) bond motifs is 2. The molecule has 2 fully saturated rings. The Labute approximate surface area is 250 Å². The molecule has 0 bridgehead atoms. The number of piperidine rings is 1. The highest BCUT2D eigenvalue weighted by molar-refractivity contribution is 9.10. The first kappa shape index (κ1) is 28.1. The van der Waals surface area contributed by atoms with Crippen molar-refractivity contribution in [2.45, 2.75) is 65.3 Å². The molecule has 0 radical (unpaired) electrons. The quantitative estimate of drug-likeness (QED) is 0.288. The molecule has 2 aliphatic rings. The Morgan fingerprint density at radius 2 is 1.88 bits per heavy atom. The summed E-state index contributed by atoms with van der Waals surface area (Å²) in [4.78, 5) is 58.4. The number of anilines is 1. The topological polar surface area (TPSA) is 143 Å². The third kappa shape index (κ3) is 4.98. The van der Waals surface area contributed by atoms with E-state index in [2.05, 4.69) is 48.1 Å². The van der Waals surface area contributed by atoms with Gasteiger partial charge in [0.05, 0.1) is 17.9 Å². The first-order valence-corrected chi connectivity index (χ1v) is 14.5. The summed E-state index contributed by atoms with van der Waals surface area (Å²) in [5.41, 5.74) is 3.63. The van der Waals surface area contributed by atoms with Gasteiger partial charge in [-0.3, -0.25) is 19.4 Å². The van der Waals surface area contributed by atoms with Crippen molar-refractivity contribution in [1.29, 1.82) is 0 Å². The van der Waals surface area contributed by atoms with Gasteiger partial charge in [-0.2, -0.15) is 0 Å².